The molecule has 3 heterocycles. The SMILES string of the molecule is CC(C)(C)c1cc2c(c([C@@H]3COCCN3)c1)CN(C(=O)C1CCOCC1)CC2. The molecule has 0 spiro atoms. The Morgan fingerprint density at radius 1 is 1.14 bits per heavy atom. The fraction of sp³-hybridized carbons (Fsp3) is 0.696. The molecule has 0 aliphatic carbocycles. The Labute approximate surface area is 168 Å². The predicted molar refractivity (Wildman–Crippen MR) is 109 cm³/mol. The monoisotopic (exact) mass is 386 g/mol. The smallest absolute Gasteiger partial charge is 0.226 e. The lowest BCUT2D eigenvalue weighted by atomic mass is 9.80. The van der Waals surface area contributed by atoms with Crippen LogP contribution in [0.15, 0.2) is 12.1 Å². The first-order valence-corrected chi connectivity index (χ1v) is 10.8. The van der Waals surface area contributed by atoms with E-state index in [0.29, 0.717) is 25.7 Å². The van der Waals surface area contributed by atoms with Gasteiger partial charge in [0.25, 0.3) is 0 Å². The number of rotatable bonds is 2. The van der Waals surface area contributed by atoms with Crippen LogP contribution in [0.5, 0.6) is 0 Å². The van der Waals surface area contributed by atoms with Gasteiger partial charge in [-0.3, -0.25) is 4.79 Å². The molecule has 1 N–H and O–H groups in total. The Balaban J connectivity index is 1.64. The number of benzene rings is 1. The van der Waals surface area contributed by atoms with E-state index in [1.54, 1.807) is 0 Å². The molecule has 3 aliphatic heterocycles. The van der Waals surface area contributed by atoms with Crippen LogP contribution < -0.4 is 5.32 Å². The maximum atomic E-state index is 13.1. The lowest BCUT2D eigenvalue weighted by molar-refractivity contribution is -0.139. The van der Waals surface area contributed by atoms with Crippen molar-refractivity contribution >= 4 is 5.91 Å². The minimum atomic E-state index is 0.106. The minimum absolute atomic E-state index is 0.106. The zero-order valence-electron chi connectivity index (χ0n) is 17.6. The normalized spacial score (nSPS) is 24.1. The summed E-state index contributed by atoms with van der Waals surface area (Å²) in [5.74, 6) is 0.441. The summed E-state index contributed by atoms with van der Waals surface area (Å²) in [5, 5.41) is 3.63. The van der Waals surface area contributed by atoms with E-state index in [1.165, 1.54) is 22.3 Å². The molecule has 28 heavy (non-hydrogen) atoms. The van der Waals surface area contributed by atoms with Gasteiger partial charge in [0.15, 0.2) is 0 Å². The average molecular weight is 387 g/mol. The molecule has 0 aromatic heterocycles. The molecular formula is C23H34N2O3. The number of carbonyl (C=O) groups is 1. The highest BCUT2D eigenvalue weighted by Crippen LogP contribution is 2.34. The number of nitrogens with one attached hydrogen (secondary N) is 1. The molecular weight excluding hydrogens is 352 g/mol. The maximum Gasteiger partial charge on any atom is 0.226 e. The molecule has 2 saturated heterocycles. The first-order valence-electron chi connectivity index (χ1n) is 10.8. The van der Waals surface area contributed by atoms with Crippen molar-refractivity contribution in [1.29, 1.82) is 0 Å². The zero-order valence-corrected chi connectivity index (χ0v) is 17.6. The third-order valence-corrected chi connectivity index (χ3v) is 6.42. The first kappa shape index (κ1) is 19.9. The molecule has 5 nitrogen and oxygen atoms in total. The van der Waals surface area contributed by atoms with Crippen LogP contribution in [0.3, 0.4) is 0 Å². The Morgan fingerprint density at radius 3 is 2.61 bits per heavy atom. The fourth-order valence-corrected chi connectivity index (χ4v) is 4.60. The van der Waals surface area contributed by atoms with Crippen molar-refractivity contribution in [2.45, 2.75) is 58.0 Å². The summed E-state index contributed by atoms with van der Waals surface area (Å²) in [4.78, 5) is 15.2. The Hall–Kier alpha value is -1.43. The number of nitrogens with zero attached hydrogens (tertiary/aromatic N) is 1. The van der Waals surface area contributed by atoms with E-state index in [-0.39, 0.29) is 17.4 Å². The number of hydrogen-bond acceptors (Lipinski definition) is 4. The third-order valence-electron chi connectivity index (χ3n) is 6.42. The van der Waals surface area contributed by atoms with E-state index in [2.05, 4.69) is 43.1 Å². The van der Waals surface area contributed by atoms with Gasteiger partial charge in [0.2, 0.25) is 5.91 Å². The summed E-state index contributed by atoms with van der Waals surface area (Å²) in [6.07, 6.45) is 2.65. The zero-order chi connectivity index (χ0) is 19.7. The van der Waals surface area contributed by atoms with Crippen molar-refractivity contribution in [2.75, 3.05) is 39.5 Å². The summed E-state index contributed by atoms with van der Waals surface area (Å²) >= 11 is 0. The van der Waals surface area contributed by atoms with Gasteiger partial charge in [0, 0.05) is 38.8 Å². The van der Waals surface area contributed by atoms with Crippen LogP contribution in [0, 0.1) is 5.92 Å². The molecule has 1 aromatic rings. The molecule has 0 unspecified atom stereocenters. The van der Waals surface area contributed by atoms with Gasteiger partial charge >= 0.3 is 0 Å². The van der Waals surface area contributed by atoms with Gasteiger partial charge < -0.3 is 19.7 Å². The summed E-state index contributed by atoms with van der Waals surface area (Å²) in [7, 11) is 0. The standard InChI is InChI=1S/C23H34N2O3/c1-23(2,3)18-12-17-4-8-25(22(26)16-5-9-27-10-6-16)14-20(17)19(13-18)21-15-28-11-7-24-21/h12-13,16,21,24H,4-11,14-15H2,1-3H3/t21-/m0/s1. The van der Waals surface area contributed by atoms with Crippen LogP contribution in [0.25, 0.3) is 0 Å². The second kappa shape index (κ2) is 8.13. The average Bonchev–Trinajstić information content (AvgIpc) is 2.72. The van der Waals surface area contributed by atoms with Gasteiger partial charge in [-0.15, -0.1) is 0 Å². The Kier molecular flexibility index (Phi) is 5.77. The molecule has 2 fully saturated rings. The predicted octanol–water partition coefficient (Wildman–Crippen LogP) is 2.96. The fourth-order valence-electron chi connectivity index (χ4n) is 4.60. The number of amides is 1. The maximum absolute atomic E-state index is 13.1. The highest BCUT2D eigenvalue weighted by atomic mass is 16.5. The van der Waals surface area contributed by atoms with Gasteiger partial charge in [0.05, 0.1) is 19.3 Å². The molecule has 0 bridgehead atoms. The summed E-state index contributed by atoms with van der Waals surface area (Å²) in [6, 6.07) is 4.94. The largest absolute Gasteiger partial charge is 0.381 e. The van der Waals surface area contributed by atoms with E-state index in [9.17, 15) is 4.79 Å². The van der Waals surface area contributed by atoms with Crippen molar-refractivity contribution in [3.05, 3.63) is 34.4 Å². The summed E-state index contributed by atoms with van der Waals surface area (Å²) < 4.78 is 11.2. The van der Waals surface area contributed by atoms with Gasteiger partial charge in [-0.05, 0) is 46.9 Å². The number of ether oxygens (including phenoxy) is 2. The van der Waals surface area contributed by atoms with Crippen LogP contribution in [0.4, 0.5) is 0 Å². The molecule has 154 valence electrons. The van der Waals surface area contributed by atoms with Crippen LogP contribution in [0.2, 0.25) is 0 Å². The molecule has 0 radical (unpaired) electrons. The molecule has 1 amide bonds. The van der Waals surface area contributed by atoms with Crippen molar-refractivity contribution in [3.8, 4) is 0 Å². The minimum Gasteiger partial charge on any atom is -0.381 e. The van der Waals surface area contributed by atoms with Crippen molar-refractivity contribution in [2.24, 2.45) is 5.92 Å². The number of fused-ring (bicyclic) bond motifs is 1. The first-order chi connectivity index (χ1) is 13.4. The lowest BCUT2D eigenvalue weighted by Crippen LogP contribution is -2.43. The highest BCUT2D eigenvalue weighted by Gasteiger charge is 2.32. The van der Waals surface area contributed by atoms with Gasteiger partial charge in [-0.1, -0.05) is 32.9 Å². The lowest BCUT2D eigenvalue weighted by Gasteiger charge is -2.37. The number of hydrogen-bond donors (Lipinski definition) is 1. The molecule has 1 atom stereocenters. The topological polar surface area (TPSA) is 50.8 Å². The second-order valence-electron chi connectivity index (χ2n) is 9.43. The Bertz CT molecular complexity index is 713. The number of carbonyl (C=O) groups excluding carboxylic acids is 1. The van der Waals surface area contributed by atoms with E-state index in [0.717, 1.165) is 45.5 Å². The molecule has 0 saturated carbocycles. The van der Waals surface area contributed by atoms with Gasteiger partial charge in [0.1, 0.15) is 0 Å². The van der Waals surface area contributed by atoms with E-state index >= 15 is 0 Å². The third kappa shape index (κ3) is 4.12. The molecule has 4 rings (SSSR count). The van der Waals surface area contributed by atoms with Gasteiger partial charge in [-0.2, -0.15) is 0 Å². The molecule has 5 heteroatoms. The van der Waals surface area contributed by atoms with Crippen LogP contribution >= 0.6 is 0 Å². The molecule has 1 aromatic carbocycles. The van der Waals surface area contributed by atoms with Crippen molar-refractivity contribution < 1.29 is 14.3 Å². The molecule has 3 aliphatic rings. The highest BCUT2D eigenvalue weighted by molar-refractivity contribution is 5.79. The van der Waals surface area contributed by atoms with E-state index in [1.807, 2.05) is 0 Å². The Morgan fingerprint density at radius 2 is 1.93 bits per heavy atom. The van der Waals surface area contributed by atoms with E-state index < -0.39 is 0 Å². The van der Waals surface area contributed by atoms with Crippen LogP contribution in [0.1, 0.15) is 61.9 Å². The van der Waals surface area contributed by atoms with E-state index in [4.69, 9.17) is 9.47 Å². The summed E-state index contributed by atoms with van der Waals surface area (Å²) in [5.41, 5.74) is 5.55. The number of morpholine rings is 1. The van der Waals surface area contributed by atoms with Crippen molar-refractivity contribution in [3.63, 3.8) is 0 Å². The second-order valence-corrected chi connectivity index (χ2v) is 9.43. The van der Waals surface area contributed by atoms with Gasteiger partial charge in [-0.25, -0.2) is 0 Å². The van der Waals surface area contributed by atoms with Crippen LogP contribution in [-0.4, -0.2) is 50.3 Å². The quantitative estimate of drug-likeness (QED) is 0.849. The summed E-state index contributed by atoms with van der Waals surface area (Å²) in [6.45, 7) is 12.1. The van der Waals surface area contributed by atoms with Crippen LogP contribution in [-0.2, 0) is 32.6 Å². The van der Waals surface area contributed by atoms with Crippen molar-refractivity contribution in [1.82, 2.24) is 10.2 Å².